The SMILES string of the molecule is O=C(O)[C@@H](c1cc(F)ccc1C1CC2(CCO1)CC2)C1CC[C@@H](OCCCCc2ccc3c(n2)NCCC3)C1. The first-order valence-electron chi connectivity index (χ1n) is 15.0. The number of rotatable bonds is 10. The number of nitrogens with one attached hydrogen (secondary N) is 1. The minimum Gasteiger partial charge on any atom is -0.481 e. The van der Waals surface area contributed by atoms with Crippen LogP contribution in [0.4, 0.5) is 10.2 Å². The largest absolute Gasteiger partial charge is 0.481 e. The van der Waals surface area contributed by atoms with Crippen molar-refractivity contribution in [2.45, 2.75) is 95.2 Å². The summed E-state index contributed by atoms with van der Waals surface area (Å²) >= 11 is 0. The molecule has 2 unspecified atom stereocenters. The van der Waals surface area contributed by atoms with Gasteiger partial charge in [-0.1, -0.05) is 12.1 Å². The van der Waals surface area contributed by atoms with Crippen molar-refractivity contribution in [2.75, 3.05) is 25.1 Å². The van der Waals surface area contributed by atoms with Crippen LogP contribution in [0.3, 0.4) is 0 Å². The number of carboxylic acid groups (broad SMARTS) is 1. The quantitative estimate of drug-likeness (QED) is 0.334. The number of anilines is 1. The maximum Gasteiger partial charge on any atom is 0.311 e. The molecule has 0 amide bonds. The summed E-state index contributed by atoms with van der Waals surface area (Å²) in [6.45, 7) is 2.36. The summed E-state index contributed by atoms with van der Waals surface area (Å²) in [5, 5.41) is 13.7. The molecule has 1 aromatic carbocycles. The summed E-state index contributed by atoms with van der Waals surface area (Å²) in [7, 11) is 0. The third-order valence-electron chi connectivity index (χ3n) is 9.55. The lowest BCUT2D eigenvalue weighted by molar-refractivity contribution is -0.140. The van der Waals surface area contributed by atoms with Gasteiger partial charge in [-0.05, 0) is 123 Å². The molecule has 2 N–H and O–H groups in total. The number of aromatic nitrogens is 1. The van der Waals surface area contributed by atoms with Gasteiger partial charge in [0.15, 0.2) is 0 Å². The molecule has 1 aromatic heterocycles. The van der Waals surface area contributed by atoms with Crippen LogP contribution in [0.15, 0.2) is 30.3 Å². The van der Waals surface area contributed by atoms with E-state index >= 15 is 0 Å². The zero-order valence-electron chi connectivity index (χ0n) is 22.8. The van der Waals surface area contributed by atoms with Crippen LogP contribution < -0.4 is 5.32 Å². The predicted octanol–water partition coefficient (Wildman–Crippen LogP) is 6.59. The van der Waals surface area contributed by atoms with Crippen LogP contribution in [0, 0.1) is 17.2 Å². The van der Waals surface area contributed by atoms with E-state index in [-0.39, 0.29) is 23.9 Å². The maximum atomic E-state index is 14.4. The standard InChI is InChI=1S/C32H41FN2O4/c33-23-8-11-26(28-20-32(12-13-32)14-17-39-28)27(19-23)29(31(36)37)22-7-10-25(18-22)38-16-2-1-5-24-9-6-21-4-3-15-34-30(21)35-24/h6,8-9,11,19,22,25,28-29H,1-5,7,10,12-18,20H2,(H,34,35)(H,36,37)/t22?,25-,28?,29-/m1/s1. The number of hydrogen-bond acceptors (Lipinski definition) is 5. The van der Waals surface area contributed by atoms with Crippen molar-refractivity contribution in [1.29, 1.82) is 0 Å². The molecule has 210 valence electrons. The summed E-state index contributed by atoms with van der Waals surface area (Å²) in [6.07, 6.45) is 11.8. The number of aryl methyl sites for hydroxylation is 2. The van der Waals surface area contributed by atoms with Crippen molar-refractivity contribution in [3.05, 3.63) is 58.5 Å². The molecule has 6 nitrogen and oxygen atoms in total. The molecule has 2 aliphatic carbocycles. The van der Waals surface area contributed by atoms with Crippen molar-refractivity contribution < 1.29 is 23.8 Å². The fourth-order valence-corrected chi connectivity index (χ4v) is 7.09. The lowest BCUT2D eigenvalue weighted by Gasteiger charge is -2.33. The van der Waals surface area contributed by atoms with Crippen molar-refractivity contribution in [3.8, 4) is 0 Å². The number of nitrogens with zero attached hydrogens (tertiary/aromatic N) is 1. The van der Waals surface area contributed by atoms with Gasteiger partial charge in [0.25, 0.3) is 0 Å². The molecule has 1 spiro atoms. The molecular weight excluding hydrogens is 495 g/mol. The Morgan fingerprint density at radius 1 is 1.21 bits per heavy atom. The molecular formula is C32H41FN2O4. The number of ether oxygens (including phenoxy) is 2. The molecule has 6 rings (SSSR count). The van der Waals surface area contributed by atoms with E-state index in [1.807, 2.05) is 0 Å². The van der Waals surface area contributed by atoms with Crippen LogP contribution in [0.5, 0.6) is 0 Å². The Morgan fingerprint density at radius 2 is 2.10 bits per heavy atom. The minimum absolute atomic E-state index is 0.0561. The molecule has 7 heteroatoms. The molecule has 1 saturated heterocycles. The van der Waals surface area contributed by atoms with Crippen LogP contribution in [0.2, 0.25) is 0 Å². The Kier molecular flexibility index (Phi) is 7.90. The maximum absolute atomic E-state index is 14.4. The van der Waals surface area contributed by atoms with Gasteiger partial charge >= 0.3 is 5.97 Å². The molecule has 39 heavy (non-hydrogen) atoms. The van der Waals surface area contributed by atoms with Crippen LogP contribution >= 0.6 is 0 Å². The van der Waals surface area contributed by atoms with Gasteiger partial charge in [-0.2, -0.15) is 0 Å². The van der Waals surface area contributed by atoms with E-state index in [1.54, 1.807) is 6.07 Å². The Bertz CT molecular complexity index is 1180. The second-order valence-corrected chi connectivity index (χ2v) is 12.3. The smallest absolute Gasteiger partial charge is 0.311 e. The zero-order chi connectivity index (χ0) is 26.8. The van der Waals surface area contributed by atoms with Gasteiger partial charge in [0.2, 0.25) is 0 Å². The van der Waals surface area contributed by atoms with Gasteiger partial charge < -0.3 is 19.9 Å². The van der Waals surface area contributed by atoms with Gasteiger partial charge in [0.05, 0.1) is 18.1 Å². The van der Waals surface area contributed by atoms with Crippen LogP contribution in [0.25, 0.3) is 0 Å². The second-order valence-electron chi connectivity index (χ2n) is 12.3. The molecule has 4 aliphatic rings. The van der Waals surface area contributed by atoms with Crippen molar-refractivity contribution in [1.82, 2.24) is 4.98 Å². The highest BCUT2D eigenvalue weighted by Crippen LogP contribution is 2.58. The summed E-state index contributed by atoms with van der Waals surface area (Å²) in [4.78, 5) is 17.4. The van der Waals surface area contributed by atoms with E-state index in [0.29, 0.717) is 30.6 Å². The molecule has 3 heterocycles. The molecule has 0 bridgehead atoms. The van der Waals surface area contributed by atoms with Gasteiger partial charge in [-0.3, -0.25) is 4.79 Å². The topological polar surface area (TPSA) is 80.7 Å². The Hall–Kier alpha value is -2.51. The lowest BCUT2D eigenvalue weighted by Crippen LogP contribution is -2.26. The minimum atomic E-state index is -0.878. The monoisotopic (exact) mass is 536 g/mol. The Morgan fingerprint density at radius 3 is 2.95 bits per heavy atom. The summed E-state index contributed by atoms with van der Waals surface area (Å²) in [5.41, 5.74) is 4.25. The van der Waals surface area contributed by atoms with E-state index in [2.05, 4.69) is 17.4 Å². The highest BCUT2D eigenvalue weighted by molar-refractivity contribution is 5.77. The van der Waals surface area contributed by atoms with Gasteiger partial charge in [-0.25, -0.2) is 9.37 Å². The van der Waals surface area contributed by atoms with E-state index in [1.165, 1.54) is 37.0 Å². The summed E-state index contributed by atoms with van der Waals surface area (Å²) in [5.74, 6) is -1.03. The number of pyridine rings is 1. The van der Waals surface area contributed by atoms with E-state index in [9.17, 15) is 14.3 Å². The molecule has 0 radical (unpaired) electrons. The van der Waals surface area contributed by atoms with E-state index in [4.69, 9.17) is 14.5 Å². The number of aliphatic carboxylic acids is 1. The van der Waals surface area contributed by atoms with E-state index < -0.39 is 11.9 Å². The normalized spacial score (nSPS) is 26.1. The molecule has 2 saturated carbocycles. The fourth-order valence-electron chi connectivity index (χ4n) is 7.09. The molecule has 2 aliphatic heterocycles. The van der Waals surface area contributed by atoms with Gasteiger partial charge in [-0.15, -0.1) is 0 Å². The average molecular weight is 537 g/mol. The number of halogens is 1. The molecule has 4 atom stereocenters. The first-order chi connectivity index (χ1) is 19.0. The average Bonchev–Trinajstić information content (AvgIpc) is 3.51. The summed E-state index contributed by atoms with van der Waals surface area (Å²) < 4.78 is 26.8. The first-order valence-corrected chi connectivity index (χ1v) is 15.0. The number of hydrogen-bond donors (Lipinski definition) is 2. The second kappa shape index (κ2) is 11.5. The number of carboxylic acids is 1. The molecule has 2 aromatic rings. The highest BCUT2D eigenvalue weighted by atomic mass is 19.1. The highest BCUT2D eigenvalue weighted by Gasteiger charge is 2.48. The third kappa shape index (κ3) is 6.14. The Balaban J connectivity index is 1.03. The van der Waals surface area contributed by atoms with E-state index in [0.717, 1.165) is 75.0 Å². The number of benzene rings is 1. The van der Waals surface area contributed by atoms with Crippen molar-refractivity contribution in [2.24, 2.45) is 11.3 Å². The number of unbranched alkanes of at least 4 members (excludes halogenated alkanes) is 1. The van der Waals surface area contributed by atoms with Crippen molar-refractivity contribution in [3.63, 3.8) is 0 Å². The van der Waals surface area contributed by atoms with Crippen LogP contribution in [-0.2, 0) is 27.1 Å². The predicted molar refractivity (Wildman–Crippen MR) is 147 cm³/mol. The number of fused-ring (bicyclic) bond motifs is 1. The first kappa shape index (κ1) is 26.7. The van der Waals surface area contributed by atoms with Crippen LogP contribution in [0.1, 0.15) is 98.6 Å². The lowest BCUT2D eigenvalue weighted by atomic mass is 9.79. The van der Waals surface area contributed by atoms with Crippen molar-refractivity contribution >= 4 is 11.8 Å². The zero-order valence-corrected chi connectivity index (χ0v) is 22.8. The number of carbonyl (C=O) groups is 1. The van der Waals surface area contributed by atoms with Gasteiger partial charge in [0.1, 0.15) is 11.6 Å². The fraction of sp³-hybridized carbons (Fsp3) is 0.625. The summed E-state index contributed by atoms with van der Waals surface area (Å²) in [6, 6.07) is 9.01. The van der Waals surface area contributed by atoms with Crippen LogP contribution in [-0.4, -0.2) is 41.9 Å². The Labute approximate surface area is 230 Å². The molecule has 3 fully saturated rings. The third-order valence-corrected chi connectivity index (χ3v) is 9.55. The van der Waals surface area contributed by atoms with Gasteiger partial charge in [0, 0.05) is 25.5 Å².